The van der Waals surface area contributed by atoms with Crippen molar-refractivity contribution in [3.8, 4) is 0 Å². The summed E-state index contributed by atoms with van der Waals surface area (Å²) >= 11 is 0. The van der Waals surface area contributed by atoms with Crippen LogP contribution in [0.2, 0.25) is 0 Å². The number of hydrogen-bond acceptors (Lipinski definition) is 2. The zero-order chi connectivity index (χ0) is 13.2. The highest BCUT2D eigenvalue weighted by molar-refractivity contribution is 5.67. The maximum Gasteiger partial charge on any atom is 0.303 e. The molecule has 0 unspecified atom stereocenters. The molecule has 0 radical (unpaired) electrons. The number of nitrogens with two attached hydrogens (primary N) is 1. The molecule has 0 heterocycles. The van der Waals surface area contributed by atoms with Crippen molar-refractivity contribution in [1.82, 2.24) is 0 Å². The topological polar surface area (TPSA) is 63.3 Å². The third kappa shape index (κ3) is 3.21. The molecular weight excluding hydrogens is 214 g/mol. The number of rotatable bonds is 5. The number of hydrogen-bond donors (Lipinski definition) is 2. The summed E-state index contributed by atoms with van der Waals surface area (Å²) in [5, 5.41) is 9.06. The van der Waals surface area contributed by atoms with Gasteiger partial charge < -0.3 is 10.8 Å². The van der Waals surface area contributed by atoms with Gasteiger partial charge in [-0.15, -0.1) is 0 Å². The van der Waals surface area contributed by atoms with Crippen molar-refractivity contribution in [3.63, 3.8) is 0 Å². The second-order valence-electron chi connectivity index (χ2n) is 6.50. The molecule has 3 nitrogen and oxygen atoms in total. The predicted octanol–water partition coefficient (Wildman–Crippen LogP) is 2.74. The fourth-order valence-corrected chi connectivity index (χ4v) is 3.55. The lowest BCUT2D eigenvalue weighted by Crippen LogP contribution is -2.31. The number of carboxylic acid groups (broad SMARTS) is 1. The van der Waals surface area contributed by atoms with E-state index in [0.717, 1.165) is 12.8 Å². The minimum atomic E-state index is -0.706. The summed E-state index contributed by atoms with van der Waals surface area (Å²) < 4.78 is 0. The highest BCUT2D eigenvalue weighted by Crippen LogP contribution is 2.52. The molecule has 0 saturated heterocycles. The molecule has 3 heteroatoms. The highest BCUT2D eigenvalue weighted by atomic mass is 16.4. The molecule has 0 amide bonds. The maximum atomic E-state index is 11.0. The van der Waals surface area contributed by atoms with E-state index in [2.05, 4.69) is 27.7 Å². The van der Waals surface area contributed by atoms with E-state index < -0.39 is 5.97 Å². The molecular formula is C14H27NO2. The van der Waals surface area contributed by atoms with Crippen molar-refractivity contribution in [3.05, 3.63) is 0 Å². The quantitative estimate of drug-likeness (QED) is 0.778. The van der Waals surface area contributed by atoms with Crippen LogP contribution in [0.4, 0.5) is 0 Å². The molecule has 1 saturated carbocycles. The van der Waals surface area contributed by atoms with Crippen LogP contribution in [0, 0.1) is 29.1 Å². The molecule has 0 aromatic heterocycles. The van der Waals surface area contributed by atoms with Crippen LogP contribution in [0.3, 0.4) is 0 Å². The summed E-state index contributed by atoms with van der Waals surface area (Å²) in [6, 6.07) is 0. The summed E-state index contributed by atoms with van der Waals surface area (Å²) in [4.78, 5) is 11.0. The van der Waals surface area contributed by atoms with Crippen molar-refractivity contribution in [2.75, 3.05) is 6.54 Å². The van der Waals surface area contributed by atoms with Gasteiger partial charge in [-0.3, -0.25) is 4.79 Å². The number of aliphatic carboxylic acids is 1. The monoisotopic (exact) mass is 241 g/mol. The lowest BCUT2D eigenvalue weighted by molar-refractivity contribution is -0.139. The van der Waals surface area contributed by atoms with Gasteiger partial charge >= 0.3 is 5.97 Å². The summed E-state index contributed by atoms with van der Waals surface area (Å²) in [5.41, 5.74) is 5.72. The van der Waals surface area contributed by atoms with Crippen LogP contribution in [0.5, 0.6) is 0 Å². The Balaban J connectivity index is 2.88. The van der Waals surface area contributed by atoms with Crippen LogP contribution in [0.15, 0.2) is 0 Å². The van der Waals surface area contributed by atoms with Crippen molar-refractivity contribution >= 4 is 5.97 Å². The third-order valence-corrected chi connectivity index (χ3v) is 4.56. The smallest absolute Gasteiger partial charge is 0.303 e. The van der Waals surface area contributed by atoms with Crippen molar-refractivity contribution < 1.29 is 9.90 Å². The first kappa shape index (κ1) is 14.5. The van der Waals surface area contributed by atoms with Gasteiger partial charge in [-0.1, -0.05) is 27.7 Å². The Morgan fingerprint density at radius 2 is 1.65 bits per heavy atom. The van der Waals surface area contributed by atoms with Crippen LogP contribution in [0.1, 0.15) is 47.0 Å². The van der Waals surface area contributed by atoms with E-state index in [4.69, 9.17) is 10.8 Å². The Labute approximate surface area is 105 Å². The summed E-state index contributed by atoms with van der Waals surface area (Å²) in [6.07, 6.45) is 2.20. The lowest BCUT2D eigenvalue weighted by Gasteiger charge is -2.26. The minimum absolute atomic E-state index is 0.157. The Morgan fingerprint density at radius 3 is 1.88 bits per heavy atom. The zero-order valence-electron chi connectivity index (χ0n) is 11.6. The molecule has 1 aliphatic rings. The first-order valence-electron chi connectivity index (χ1n) is 6.73. The van der Waals surface area contributed by atoms with Gasteiger partial charge in [-0.2, -0.15) is 0 Å². The van der Waals surface area contributed by atoms with Crippen molar-refractivity contribution in [1.29, 1.82) is 0 Å². The Kier molecular flexibility index (Phi) is 4.59. The fourth-order valence-electron chi connectivity index (χ4n) is 3.55. The maximum absolute atomic E-state index is 11.0. The SMILES string of the molecule is CC(C)[C@@H]1CC(CN)(CC(=O)O)C[C@H]1C(C)C. The van der Waals surface area contributed by atoms with Gasteiger partial charge in [0, 0.05) is 0 Å². The molecule has 0 aliphatic heterocycles. The van der Waals surface area contributed by atoms with Gasteiger partial charge in [0.1, 0.15) is 0 Å². The van der Waals surface area contributed by atoms with Gasteiger partial charge in [0.2, 0.25) is 0 Å². The zero-order valence-corrected chi connectivity index (χ0v) is 11.6. The molecule has 0 bridgehead atoms. The Hall–Kier alpha value is -0.570. The Morgan fingerprint density at radius 1 is 1.24 bits per heavy atom. The summed E-state index contributed by atoms with van der Waals surface area (Å²) in [7, 11) is 0. The van der Waals surface area contributed by atoms with Gasteiger partial charge in [0.15, 0.2) is 0 Å². The molecule has 0 spiro atoms. The van der Waals surface area contributed by atoms with Crippen LogP contribution in [0.25, 0.3) is 0 Å². The first-order chi connectivity index (χ1) is 7.81. The molecule has 1 aliphatic carbocycles. The second kappa shape index (κ2) is 5.38. The summed E-state index contributed by atoms with van der Waals surface area (Å²) in [6.45, 7) is 9.48. The van der Waals surface area contributed by atoms with Crippen LogP contribution in [-0.4, -0.2) is 17.6 Å². The summed E-state index contributed by atoms with van der Waals surface area (Å²) in [5.74, 6) is 1.77. The van der Waals surface area contributed by atoms with E-state index in [1.54, 1.807) is 0 Å². The van der Waals surface area contributed by atoms with Gasteiger partial charge in [-0.25, -0.2) is 0 Å². The van der Waals surface area contributed by atoms with Crippen LogP contribution >= 0.6 is 0 Å². The van der Waals surface area contributed by atoms with E-state index in [0.29, 0.717) is 30.2 Å². The van der Waals surface area contributed by atoms with E-state index in [1.807, 2.05) is 0 Å². The molecule has 3 N–H and O–H groups in total. The highest BCUT2D eigenvalue weighted by Gasteiger charge is 2.47. The van der Waals surface area contributed by atoms with Crippen LogP contribution in [-0.2, 0) is 4.79 Å². The van der Waals surface area contributed by atoms with E-state index >= 15 is 0 Å². The van der Waals surface area contributed by atoms with Crippen molar-refractivity contribution in [2.24, 2.45) is 34.8 Å². The lowest BCUT2D eigenvalue weighted by atomic mass is 9.80. The average molecular weight is 241 g/mol. The molecule has 1 rings (SSSR count). The number of carbonyl (C=O) groups is 1. The van der Waals surface area contributed by atoms with Crippen LogP contribution < -0.4 is 5.73 Å². The fraction of sp³-hybridized carbons (Fsp3) is 0.929. The molecule has 2 atom stereocenters. The standard InChI is InChI=1S/C14H27NO2/c1-9(2)11-5-14(8-15,7-13(16)17)6-12(11)10(3)4/h9-12H,5-8,15H2,1-4H3,(H,16,17)/t11-,12-/m0/s1. The normalized spacial score (nSPS) is 27.9. The Bertz CT molecular complexity index is 257. The van der Waals surface area contributed by atoms with E-state index in [-0.39, 0.29) is 11.8 Å². The minimum Gasteiger partial charge on any atom is -0.481 e. The largest absolute Gasteiger partial charge is 0.481 e. The average Bonchev–Trinajstić information content (AvgIpc) is 2.57. The van der Waals surface area contributed by atoms with Gasteiger partial charge in [0.05, 0.1) is 6.42 Å². The second-order valence-corrected chi connectivity index (χ2v) is 6.50. The van der Waals surface area contributed by atoms with E-state index in [1.165, 1.54) is 0 Å². The van der Waals surface area contributed by atoms with Gasteiger partial charge in [-0.05, 0) is 48.5 Å². The molecule has 17 heavy (non-hydrogen) atoms. The van der Waals surface area contributed by atoms with Gasteiger partial charge in [0.25, 0.3) is 0 Å². The molecule has 1 fully saturated rings. The third-order valence-electron chi connectivity index (χ3n) is 4.56. The first-order valence-corrected chi connectivity index (χ1v) is 6.73. The molecule has 100 valence electrons. The predicted molar refractivity (Wildman–Crippen MR) is 69.6 cm³/mol. The number of carboxylic acids is 1. The van der Waals surface area contributed by atoms with E-state index in [9.17, 15) is 4.79 Å². The molecule has 0 aromatic carbocycles. The molecule has 0 aromatic rings. The van der Waals surface area contributed by atoms with Crippen molar-refractivity contribution in [2.45, 2.75) is 47.0 Å².